The van der Waals surface area contributed by atoms with Crippen molar-refractivity contribution < 1.29 is 19.4 Å². The second kappa shape index (κ2) is 10.5. The first-order chi connectivity index (χ1) is 16.8. The minimum Gasteiger partial charge on any atom is -0.457 e. The van der Waals surface area contributed by atoms with Crippen molar-refractivity contribution in [1.82, 2.24) is 5.32 Å². The maximum absolute atomic E-state index is 14.1. The van der Waals surface area contributed by atoms with E-state index in [0.29, 0.717) is 18.3 Å². The van der Waals surface area contributed by atoms with E-state index in [1.807, 2.05) is 24.3 Å². The summed E-state index contributed by atoms with van der Waals surface area (Å²) in [7, 11) is 0. The van der Waals surface area contributed by atoms with Crippen molar-refractivity contribution >= 4 is 11.9 Å². The zero-order valence-electron chi connectivity index (χ0n) is 21.3. The number of hydrogen-bond acceptors (Lipinski definition) is 4. The Bertz CT molecular complexity index is 1010. The minimum atomic E-state index is -0.983. The molecule has 188 valence electrons. The van der Waals surface area contributed by atoms with E-state index in [1.54, 1.807) is 0 Å². The molecule has 4 rings (SSSR count). The van der Waals surface area contributed by atoms with Gasteiger partial charge in [0.05, 0.1) is 6.61 Å². The van der Waals surface area contributed by atoms with Crippen LogP contribution in [0.3, 0.4) is 0 Å². The number of aliphatic hydroxyl groups excluding tert-OH is 1. The van der Waals surface area contributed by atoms with Crippen molar-refractivity contribution in [2.75, 3.05) is 6.61 Å². The van der Waals surface area contributed by atoms with Gasteiger partial charge in [-0.1, -0.05) is 75.4 Å². The highest BCUT2D eigenvalue weighted by atomic mass is 16.5. The molecule has 1 heterocycles. The lowest BCUT2D eigenvalue weighted by atomic mass is 9.54. The third-order valence-electron chi connectivity index (χ3n) is 8.28. The highest BCUT2D eigenvalue weighted by molar-refractivity contribution is 5.89. The molecule has 8 atom stereocenters. The number of benzene rings is 1. The summed E-state index contributed by atoms with van der Waals surface area (Å²) in [5.74, 6) is -0.165. The quantitative estimate of drug-likeness (QED) is 0.490. The number of allylic oxidation sites excluding steroid dienone is 4. The Morgan fingerprint density at radius 2 is 1.89 bits per heavy atom. The Morgan fingerprint density at radius 1 is 1.14 bits per heavy atom. The molecule has 1 saturated heterocycles. The predicted molar refractivity (Wildman–Crippen MR) is 137 cm³/mol. The van der Waals surface area contributed by atoms with Crippen LogP contribution in [0.15, 0.2) is 66.3 Å². The molecule has 1 aromatic rings. The monoisotopic (exact) mass is 477 g/mol. The Labute approximate surface area is 209 Å². The van der Waals surface area contributed by atoms with E-state index >= 15 is 0 Å². The highest BCUT2D eigenvalue weighted by Crippen LogP contribution is 2.56. The Balaban J connectivity index is 1.90. The van der Waals surface area contributed by atoms with E-state index in [0.717, 1.165) is 24.0 Å². The number of esters is 1. The van der Waals surface area contributed by atoms with Crippen molar-refractivity contribution in [1.29, 1.82) is 0 Å². The second-order valence-electron chi connectivity index (χ2n) is 10.8. The zero-order valence-corrected chi connectivity index (χ0v) is 21.3. The molecular formula is C30H39NO4. The first-order valence-corrected chi connectivity index (χ1v) is 13.0. The number of nitrogens with one attached hydrogen (secondary N) is 1. The number of hydrogen-bond donors (Lipinski definition) is 2. The summed E-state index contributed by atoms with van der Waals surface area (Å²) < 4.78 is 5.99. The van der Waals surface area contributed by atoms with Gasteiger partial charge in [0.1, 0.15) is 11.5 Å². The molecule has 0 bridgehead atoms. The van der Waals surface area contributed by atoms with E-state index in [2.05, 4.69) is 62.5 Å². The smallest absolute Gasteiger partial charge is 0.303 e. The number of aliphatic hydroxyl groups is 1. The standard InChI is InChI=1S/C30H39NO4/c1-19-9-8-12-25-17-24(18-32)21(3)28-26(16-23-10-6-5-7-11-23)31-29(34)30(25,28)27(35-22(4)33)14-13-20(2)15-19/h5-8,10-14,17,19-21,25-28,32H,9,15-16,18H2,1-4H3,(H,31,34)/b12-8+,14-13+/t19-,20+,21+,25-,26-,27?,28-,30+/m0/s1. The van der Waals surface area contributed by atoms with E-state index < -0.39 is 17.5 Å². The van der Waals surface area contributed by atoms with E-state index in [4.69, 9.17) is 4.74 Å². The van der Waals surface area contributed by atoms with Gasteiger partial charge in [-0.25, -0.2) is 0 Å². The SMILES string of the molecule is CC(=O)OC1/C=C/[C@@H](C)C[C@@H](C)C/C=C/[C@H]2C=C(CO)[C@@H](C)[C@H]3[C@H](Cc4ccccc4)NC(=O)[C@]132. The fourth-order valence-electron chi connectivity index (χ4n) is 6.75. The summed E-state index contributed by atoms with van der Waals surface area (Å²) in [5, 5.41) is 13.6. The van der Waals surface area contributed by atoms with Crippen LogP contribution in [0.5, 0.6) is 0 Å². The Hall–Kier alpha value is -2.66. The summed E-state index contributed by atoms with van der Waals surface area (Å²) in [4.78, 5) is 26.5. The van der Waals surface area contributed by atoms with Crippen molar-refractivity contribution in [3.8, 4) is 0 Å². The van der Waals surface area contributed by atoms with Crippen LogP contribution in [0.2, 0.25) is 0 Å². The van der Waals surface area contributed by atoms with Gasteiger partial charge in [0, 0.05) is 24.8 Å². The van der Waals surface area contributed by atoms with Gasteiger partial charge < -0.3 is 15.2 Å². The van der Waals surface area contributed by atoms with Crippen LogP contribution in [-0.2, 0) is 20.7 Å². The average molecular weight is 478 g/mol. The van der Waals surface area contributed by atoms with E-state index in [9.17, 15) is 14.7 Å². The molecule has 1 aliphatic heterocycles. The molecular weight excluding hydrogens is 438 g/mol. The summed E-state index contributed by atoms with van der Waals surface area (Å²) in [6, 6.07) is 10.0. The van der Waals surface area contributed by atoms with Gasteiger partial charge in [-0.05, 0) is 54.2 Å². The van der Waals surface area contributed by atoms with Crippen LogP contribution in [0.25, 0.3) is 0 Å². The van der Waals surface area contributed by atoms with Crippen molar-refractivity contribution in [3.05, 3.63) is 71.8 Å². The number of amides is 1. The molecule has 0 radical (unpaired) electrons. The first-order valence-electron chi connectivity index (χ1n) is 13.0. The van der Waals surface area contributed by atoms with Crippen LogP contribution >= 0.6 is 0 Å². The molecule has 5 nitrogen and oxygen atoms in total. The Morgan fingerprint density at radius 3 is 2.57 bits per heavy atom. The molecule has 35 heavy (non-hydrogen) atoms. The topological polar surface area (TPSA) is 75.6 Å². The third kappa shape index (κ3) is 4.88. The summed E-state index contributed by atoms with van der Waals surface area (Å²) in [6.07, 6.45) is 12.4. The van der Waals surface area contributed by atoms with Gasteiger partial charge in [0.15, 0.2) is 0 Å². The van der Waals surface area contributed by atoms with Gasteiger partial charge in [-0.15, -0.1) is 0 Å². The van der Waals surface area contributed by atoms with Crippen LogP contribution < -0.4 is 5.32 Å². The van der Waals surface area contributed by atoms with Crippen LogP contribution in [0.4, 0.5) is 0 Å². The fraction of sp³-hybridized carbons (Fsp3) is 0.533. The maximum atomic E-state index is 14.1. The Kier molecular flexibility index (Phi) is 7.65. The van der Waals surface area contributed by atoms with E-state index in [1.165, 1.54) is 6.92 Å². The molecule has 2 aliphatic carbocycles. The largest absolute Gasteiger partial charge is 0.457 e. The second-order valence-corrected chi connectivity index (χ2v) is 10.8. The maximum Gasteiger partial charge on any atom is 0.303 e. The molecule has 3 aliphatic rings. The average Bonchev–Trinajstić information content (AvgIpc) is 3.10. The fourth-order valence-corrected chi connectivity index (χ4v) is 6.75. The van der Waals surface area contributed by atoms with Gasteiger partial charge in [0.25, 0.3) is 0 Å². The number of ether oxygens (including phenoxy) is 1. The number of carbonyl (C=O) groups is 2. The van der Waals surface area contributed by atoms with Crippen LogP contribution in [0, 0.1) is 35.0 Å². The van der Waals surface area contributed by atoms with Crippen LogP contribution in [-0.4, -0.2) is 35.7 Å². The molecule has 1 amide bonds. The molecule has 0 saturated carbocycles. The number of rotatable bonds is 4. The summed E-state index contributed by atoms with van der Waals surface area (Å²) in [5.41, 5.74) is 1.10. The van der Waals surface area contributed by atoms with Gasteiger partial charge >= 0.3 is 5.97 Å². The van der Waals surface area contributed by atoms with Crippen molar-refractivity contribution in [3.63, 3.8) is 0 Å². The number of carbonyl (C=O) groups excluding carboxylic acids is 2. The molecule has 0 aromatic heterocycles. The lowest BCUT2D eigenvalue weighted by molar-refractivity contribution is -0.159. The van der Waals surface area contributed by atoms with Crippen molar-refractivity contribution in [2.24, 2.45) is 35.0 Å². The lowest BCUT2D eigenvalue weighted by Crippen LogP contribution is -2.55. The molecule has 1 aromatic carbocycles. The van der Waals surface area contributed by atoms with Crippen LogP contribution in [0.1, 0.15) is 46.1 Å². The van der Waals surface area contributed by atoms with E-state index in [-0.39, 0.29) is 36.3 Å². The molecule has 1 unspecified atom stereocenters. The molecule has 1 fully saturated rings. The minimum absolute atomic E-state index is 0.0498. The normalized spacial score (nSPS) is 38.7. The lowest BCUT2D eigenvalue weighted by Gasteiger charge is -2.48. The molecule has 1 spiro atoms. The predicted octanol–water partition coefficient (Wildman–Crippen LogP) is 4.62. The summed E-state index contributed by atoms with van der Waals surface area (Å²) in [6.45, 7) is 7.87. The van der Waals surface area contributed by atoms with Gasteiger partial charge in [0.2, 0.25) is 5.91 Å². The van der Waals surface area contributed by atoms with Gasteiger partial charge in [-0.2, -0.15) is 0 Å². The third-order valence-corrected chi connectivity index (χ3v) is 8.28. The highest BCUT2D eigenvalue weighted by Gasteiger charge is 2.65. The van der Waals surface area contributed by atoms with Crippen molar-refractivity contribution in [2.45, 2.75) is 59.1 Å². The molecule has 5 heteroatoms. The zero-order chi connectivity index (χ0) is 25.2. The van der Waals surface area contributed by atoms with Gasteiger partial charge in [-0.3, -0.25) is 9.59 Å². The molecule has 2 N–H and O–H groups in total. The first kappa shape index (κ1) is 25.4. The summed E-state index contributed by atoms with van der Waals surface area (Å²) >= 11 is 0.